The third-order valence-corrected chi connectivity index (χ3v) is 3.68. The lowest BCUT2D eigenvalue weighted by Crippen LogP contribution is -2.47. The summed E-state index contributed by atoms with van der Waals surface area (Å²) in [4.78, 5) is 16.3. The van der Waals surface area contributed by atoms with Gasteiger partial charge < -0.3 is 5.32 Å². The van der Waals surface area contributed by atoms with Gasteiger partial charge >= 0.3 is 0 Å². The Bertz CT molecular complexity index is 496. The van der Waals surface area contributed by atoms with E-state index in [9.17, 15) is 10.1 Å². The second-order valence-corrected chi connectivity index (χ2v) is 5.25. The van der Waals surface area contributed by atoms with Crippen molar-refractivity contribution in [3.05, 3.63) is 29.6 Å². The number of hydrogen-bond donors (Lipinski definition) is 1. The van der Waals surface area contributed by atoms with Crippen LogP contribution in [0.5, 0.6) is 0 Å². The summed E-state index contributed by atoms with van der Waals surface area (Å²) in [5.74, 6) is -0.172. The quantitative estimate of drug-likeness (QED) is 0.828. The predicted molar refractivity (Wildman–Crippen MR) is 72.5 cm³/mol. The highest BCUT2D eigenvalue weighted by Gasteiger charge is 2.32. The van der Waals surface area contributed by atoms with Crippen LogP contribution >= 0.6 is 0 Å². The monoisotopic (exact) mass is 257 g/mol. The van der Waals surface area contributed by atoms with Gasteiger partial charge in [-0.15, -0.1) is 0 Å². The summed E-state index contributed by atoms with van der Waals surface area (Å²) in [5.41, 5.74) is 0.691. The fraction of sp³-hybridized carbons (Fsp3) is 0.533. The van der Waals surface area contributed by atoms with E-state index in [1.807, 2.05) is 6.92 Å². The Morgan fingerprint density at radius 1 is 1.37 bits per heavy atom. The van der Waals surface area contributed by atoms with Gasteiger partial charge in [-0.3, -0.25) is 9.78 Å². The number of pyridine rings is 1. The highest BCUT2D eigenvalue weighted by Crippen LogP contribution is 2.26. The zero-order valence-electron chi connectivity index (χ0n) is 11.3. The molecule has 0 radical (unpaired) electrons. The summed E-state index contributed by atoms with van der Waals surface area (Å²) < 4.78 is 0. The maximum Gasteiger partial charge on any atom is 0.252 e. The Hall–Kier alpha value is -1.89. The van der Waals surface area contributed by atoms with Crippen LogP contribution in [0.1, 0.15) is 54.6 Å². The molecule has 1 aliphatic rings. The zero-order valence-corrected chi connectivity index (χ0v) is 11.3. The normalized spacial score (nSPS) is 18.1. The molecule has 1 N–H and O–H groups in total. The van der Waals surface area contributed by atoms with Gasteiger partial charge in [-0.05, 0) is 31.9 Å². The smallest absolute Gasteiger partial charge is 0.252 e. The van der Waals surface area contributed by atoms with Gasteiger partial charge in [-0.1, -0.05) is 25.7 Å². The Labute approximate surface area is 113 Å². The first kappa shape index (κ1) is 13.5. The molecule has 0 aromatic carbocycles. The molecule has 1 aliphatic carbocycles. The number of nitrogens with zero attached hydrogens (tertiary/aromatic N) is 2. The van der Waals surface area contributed by atoms with Crippen molar-refractivity contribution in [2.24, 2.45) is 0 Å². The minimum Gasteiger partial charge on any atom is -0.334 e. The van der Waals surface area contributed by atoms with Crippen molar-refractivity contribution in [3.63, 3.8) is 0 Å². The molecule has 2 rings (SSSR count). The molecule has 4 nitrogen and oxygen atoms in total. The third kappa shape index (κ3) is 3.31. The van der Waals surface area contributed by atoms with Crippen LogP contribution < -0.4 is 5.32 Å². The van der Waals surface area contributed by atoms with Crippen molar-refractivity contribution in [2.45, 2.75) is 51.0 Å². The number of amides is 1. The van der Waals surface area contributed by atoms with Crippen molar-refractivity contribution < 1.29 is 4.79 Å². The average Bonchev–Trinajstić information content (AvgIpc) is 2.65. The summed E-state index contributed by atoms with van der Waals surface area (Å²) in [7, 11) is 0. The Morgan fingerprint density at radius 2 is 2.05 bits per heavy atom. The second-order valence-electron chi connectivity index (χ2n) is 5.25. The molecule has 0 atom stereocenters. The minimum absolute atomic E-state index is 0.172. The molecule has 0 unspecified atom stereocenters. The molecule has 0 saturated heterocycles. The first-order valence-corrected chi connectivity index (χ1v) is 6.82. The predicted octanol–water partition coefficient (Wildman–Crippen LogP) is 2.74. The van der Waals surface area contributed by atoms with E-state index < -0.39 is 5.54 Å². The van der Waals surface area contributed by atoms with Crippen LogP contribution in [-0.2, 0) is 0 Å². The van der Waals surface area contributed by atoms with E-state index in [1.165, 1.54) is 0 Å². The van der Waals surface area contributed by atoms with Crippen molar-refractivity contribution in [1.29, 1.82) is 5.26 Å². The second kappa shape index (κ2) is 5.83. The van der Waals surface area contributed by atoms with Crippen molar-refractivity contribution >= 4 is 5.91 Å². The molecule has 1 heterocycles. The van der Waals surface area contributed by atoms with Gasteiger partial charge in [0.05, 0.1) is 6.07 Å². The van der Waals surface area contributed by atoms with Crippen molar-refractivity contribution in [2.75, 3.05) is 0 Å². The largest absolute Gasteiger partial charge is 0.334 e. The lowest BCUT2D eigenvalue weighted by Gasteiger charge is -2.26. The van der Waals surface area contributed by atoms with Gasteiger partial charge in [0.15, 0.2) is 0 Å². The van der Waals surface area contributed by atoms with E-state index in [0.717, 1.165) is 44.2 Å². The number of rotatable bonds is 2. The number of nitrogens with one attached hydrogen (secondary N) is 1. The van der Waals surface area contributed by atoms with Crippen LogP contribution in [-0.4, -0.2) is 16.4 Å². The molecule has 4 heteroatoms. The van der Waals surface area contributed by atoms with Gasteiger partial charge in [-0.25, -0.2) is 0 Å². The van der Waals surface area contributed by atoms with Crippen LogP contribution in [0.15, 0.2) is 18.3 Å². The van der Waals surface area contributed by atoms with Gasteiger partial charge in [0.25, 0.3) is 5.91 Å². The number of aryl methyl sites for hydroxylation is 1. The molecule has 1 aromatic rings. The summed E-state index contributed by atoms with van der Waals surface area (Å²) in [6, 6.07) is 5.76. The first-order chi connectivity index (χ1) is 9.15. The molecule has 1 aromatic heterocycles. The maximum atomic E-state index is 12.3. The van der Waals surface area contributed by atoms with Crippen molar-refractivity contribution in [1.82, 2.24) is 10.3 Å². The molecule has 19 heavy (non-hydrogen) atoms. The average molecular weight is 257 g/mol. The Morgan fingerprint density at radius 3 is 2.63 bits per heavy atom. The molecule has 0 spiro atoms. The summed E-state index contributed by atoms with van der Waals surface area (Å²) in [6.07, 6.45) is 7.42. The minimum atomic E-state index is -0.690. The molecule has 1 saturated carbocycles. The number of nitriles is 1. The van der Waals surface area contributed by atoms with E-state index >= 15 is 0 Å². The molecule has 0 aliphatic heterocycles. The van der Waals surface area contributed by atoms with Crippen LogP contribution in [0, 0.1) is 18.3 Å². The molecule has 0 bridgehead atoms. The highest BCUT2D eigenvalue weighted by atomic mass is 16.1. The zero-order chi connectivity index (χ0) is 13.7. The number of carbonyl (C=O) groups is 1. The fourth-order valence-corrected chi connectivity index (χ4v) is 2.57. The Balaban J connectivity index is 2.14. The van der Waals surface area contributed by atoms with Gasteiger partial charge in [0.1, 0.15) is 5.54 Å². The summed E-state index contributed by atoms with van der Waals surface area (Å²) in [6.45, 7) is 1.85. The molecular weight excluding hydrogens is 238 g/mol. The maximum absolute atomic E-state index is 12.3. The number of aromatic nitrogens is 1. The van der Waals surface area contributed by atoms with E-state index in [2.05, 4.69) is 16.4 Å². The van der Waals surface area contributed by atoms with Gasteiger partial charge in [0, 0.05) is 17.5 Å². The molecular formula is C15H19N3O. The fourth-order valence-electron chi connectivity index (χ4n) is 2.57. The van der Waals surface area contributed by atoms with E-state index in [0.29, 0.717) is 5.56 Å². The lowest BCUT2D eigenvalue weighted by molar-refractivity contribution is 0.0912. The lowest BCUT2D eigenvalue weighted by atomic mass is 9.91. The highest BCUT2D eigenvalue weighted by molar-refractivity contribution is 5.94. The molecule has 100 valence electrons. The van der Waals surface area contributed by atoms with E-state index in [-0.39, 0.29) is 5.91 Å². The third-order valence-electron chi connectivity index (χ3n) is 3.68. The Kier molecular flexibility index (Phi) is 4.16. The van der Waals surface area contributed by atoms with E-state index in [4.69, 9.17) is 0 Å². The molecule has 1 fully saturated rings. The number of carbonyl (C=O) groups excluding carboxylic acids is 1. The van der Waals surface area contributed by atoms with Crippen molar-refractivity contribution in [3.8, 4) is 6.07 Å². The van der Waals surface area contributed by atoms with Crippen LogP contribution in [0.25, 0.3) is 0 Å². The van der Waals surface area contributed by atoms with Crippen LogP contribution in [0.3, 0.4) is 0 Å². The topological polar surface area (TPSA) is 65.8 Å². The summed E-state index contributed by atoms with van der Waals surface area (Å²) in [5, 5.41) is 12.4. The van der Waals surface area contributed by atoms with Crippen LogP contribution in [0.2, 0.25) is 0 Å². The van der Waals surface area contributed by atoms with E-state index in [1.54, 1.807) is 18.3 Å². The number of hydrogen-bond acceptors (Lipinski definition) is 3. The first-order valence-electron chi connectivity index (χ1n) is 6.82. The molecule has 1 amide bonds. The SMILES string of the molecule is Cc1cc(C(=O)NC2(C#N)CCCCCC2)ccn1. The standard InChI is InChI=1S/C15H19N3O/c1-12-10-13(6-9-17-12)14(19)18-15(11-16)7-4-2-3-5-8-15/h6,9-10H,2-5,7-8H2,1H3,(H,18,19). The van der Waals surface area contributed by atoms with Gasteiger partial charge in [0.2, 0.25) is 0 Å². The van der Waals surface area contributed by atoms with Gasteiger partial charge in [-0.2, -0.15) is 5.26 Å². The summed E-state index contributed by atoms with van der Waals surface area (Å²) >= 11 is 0. The van der Waals surface area contributed by atoms with Crippen LogP contribution in [0.4, 0.5) is 0 Å².